The van der Waals surface area contributed by atoms with E-state index in [1.54, 1.807) is 26.8 Å². The van der Waals surface area contributed by atoms with Gasteiger partial charge in [0, 0.05) is 18.4 Å². The van der Waals surface area contributed by atoms with E-state index in [0.717, 1.165) is 0 Å². The molecule has 2 aliphatic carbocycles. The van der Waals surface area contributed by atoms with Crippen LogP contribution in [-0.2, 0) is 33.4 Å². The third-order valence-electron chi connectivity index (χ3n) is 6.28. The molecule has 0 aromatic rings. The predicted molar refractivity (Wildman–Crippen MR) is 97.7 cm³/mol. The first-order valence-electron chi connectivity index (χ1n) is 9.50. The third-order valence-corrected chi connectivity index (χ3v) is 6.28. The predicted octanol–water partition coefficient (Wildman–Crippen LogP) is 1.99. The van der Waals surface area contributed by atoms with Gasteiger partial charge in [-0.05, 0) is 18.9 Å². The molecule has 0 aromatic carbocycles. The summed E-state index contributed by atoms with van der Waals surface area (Å²) in [5.41, 5.74) is -1.07. The summed E-state index contributed by atoms with van der Waals surface area (Å²) in [4.78, 5) is 49.8. The minimum absolute atomic E-state index is 0.0397. The quantitative estimate of drug-likeness (QED) is 0.413. The lowest BCUT2D eigenvalue weighted by Gasteiger charge is -2.42. The maximum absolute atomic E-state index is 13.0. The van der Waals surface area contributed by atoms with Crippen LogP contribution in [0.15, 0.2) is 24.3 Å². The zero-order chi connectivity index (χ0) is 21.0. The Morgan fingerprint density at radius 3 is 2.46 bits per heavy atom. The fourth-order valence-corrected chi connectivity index (χ4v) is 4.72. The Labute approximate surface area is 164 Å². The van der Waals surface area contributed by atoms with Gasteiger partial charge in [0.1, 0.15) is 18.3 Å². The molecule has 0 amide bonds. The summed E-state index contributed by atoms with van der Waals surface area (Å²) in [7, 11) is 0. The van der Waals surface area contributed by atoms with Gasteiger partial charge in [-0.15, -0.1) is 0 Å². The Bertz CT molecular complexity index is 780. The fourth-order valence-electron chi connectivity index (χ4n) is 4.72. The van der Waals surface area contributed by atoms with Crippen molar-refractivity contribution < 1.29 is 33.4 Å². The summed E-state index contributed by atoms with van der Waals surface area (Å²) < 4.78 is 16.9. The second-order valence-electron chi connectivity index (χ2n) is 8.40. The molecular formula is C21H26O7. The first kappa shape index (κ1) is 20.3. The highest BCUT2D eigenvalue weighted by Gasteiger charge is 2.65. The van der Waals surface area contributed by atoms with Crippen LogP contribution in [-0.4, -0.2) is 42.0 Å². The molecule has 3 rings (SSSR count). The Morgan fingerprint density at radius 1 is 1.25 bits per heavy atom. The maximum atomic E-state index is 13.0. The second kappa shape index (κ2) is 6.87. The Morgan fingerprint density at radius 2 is 1.89 bits per heavy atom. The van der Waals surface area contributed by atoms with E-state index >= 15 is 0 Å². The largest absolute Gasteiger partial charge is 0.460 e. The SMILES string of the molecule is C=C1C(=O)O[C@@H]2[C@@H](C)[C@@H]3C=CC(=O)[C@@]3(C)[C@@H](OC(=O)C(C)C)[C@H]1[C@@H]2OC(C)=O. The van der Waals surface area contributed by atoms with Crippen molar-refractivity contribution in [3.05, 3.63) is 24.3 Å². The number of carbonyl (C=O) groups excluding carboxylic acids is 4. The van der Waals surface area contributed by atoms with Crippen LogP contribution in [0.4, 0.5) is 0 Å². The number of rotatable bonds is 3. The lowest BCUT2D eigenvalue weighted by Crippen LogP contribution is -2.55. The normalized spacial score (nSPS) is 39.3. The van der Waals surface area contributed by atoms with E-state index in [1.165, 1.54) is 13.0 Å². The first-order valence-corrected chi connectivity index (χ1v) is 9.50. The molecule has 0 N–H and O–H groups in total. The highest BCUT2D eigenvalue weighted by Crippen LogP contribution is 2.55. The summed E-state index contributed by atoms with van der Waals surface area (Å²) >= 11 is 0. The molecule has 7 heteroatoms. The Balaban J connectivity index is 2.20. The zero-order valence-corrected chi connectivity index (χ0v) is 16.8. The van der Waals surface area contributed by atoms with Crippen molar-refractivity contribution >= 4 is 23.7 Å². The Hall–Kier alpha value is -2.44. The molecule has 3 aliphatic rings. The first-order chi connectivity index (χ1) is 13.0. The number of ether oxygens (including phenoxy) is 3. The van der Waals surface area contributed by atoms with Crippen molar-refractivity contribution in [2.24, 2.45) is 29.1 Å². The molecule has 152 valence electrons. The third kappa shape index (κ3) is 2.88. The van der Waals surface area contributed by atoms with E-state index in [0.29, 0.717) is 0 Å². The van der Waals surface area contributed by atoms with Crippen LogP contribution in [0.25, 0.3) is 0 Å². The molecule has 1 aliphatic heterocycles. The molecular weight excluding hydrogens is 364 g/mol. The second-order valence-corrected chi connectivity index (χ2v) is 8.40. The summed E-state index contributed by atoms with van der Waals surface area (Å²) in [6.45, 7) is 12.0. The fraction of sp³-hybridized carbons (Fsp3) is 0.619. The smallest absolute Gasteiger partial charge is 0.334 e. The van der Waals surface area contributed by atoms with Crippen LogP contribution in [0.2, 0.25) is 0 Å². The van der Waals surface area contributed by atoms with Crippen LogP contribution < -0.4 is 0 Å². The lowest BCUT2D eigenvalue weighted by molar-refractivity contribution is -0.189. The molecule has 1 saturated heterocycles. The van der Waals surface area contributed by atoms with E-state index in [9.17, 15) is 19.2 Å². The van der Waals surface area contributed by atoms with Gasteiger partial charge in [0.2, 0.25) is 0 Å². The number of allylic oxidation sites excluding steroid dienone is 2. The highest BCUT2D eigenvalue weighted by molar-refractivity contribution is 5.99. The topological polar surface area (TPSA) is 96.0 Å². The van der Waals surface area contributed by atoms with Gasteiger partial charge < -0.3 is 14.2 Å². The maximum Gasteiger partial charge on any atom is 0.334 e. The number of esters is 3. The van der Waals surface area contributed by atoms with Crippen molar-refractivity contribution in [1.29, 1.82) is 0 Å². The molecule has 7 atom stereocenters. The molecule has 0 aromatic heterocycles. The van der Waals surface area contributed by atoms with E-state index in [1.807, 2.05) is 6.92 Å². The molecule has 7 nitrogen and oxygen atoms in total. The average molecular weight is 390 g/mol. The van der Waals surface area contributed by atoms with Crippen molar-refractivity contribution in [2.75, 3.05) is 0 Å². The highest BCUT2D eigenvalue weighted by atomic mass is 16.6. The molecule has 2 fully saturated rings. The van der Waals surface area contributed by atoms with Gasteiger partial charge in [0.05, 0.1) is 17.3 Å². The van der Waals surface area contributed by atoms with E-state index < -0.39 is 53.5 Å². The van der Waals surface area contributed by atoms with Gasteiger partial charge in [-0.3, -0.25) is 14.4 Å². The van der Waals surface area contributed by atoms with Crippen LogP contribution in [0.5, 0.6) is 0 Å². The molecule has 2 bridgehead atoms. The molecule has 1 heterocycles. The van der Waals surface area contributed by atoms with Crippen molar-refractivity contribution in [3.63, 3.8) is 0 Å². The molecule has 0 unspecified atom stereocenters. The summed E-state index contributed by atoms with van der Waals surface area (Å²) in [6, 6.07) is 0. The van der Waals surface area contributed by atoms with Gasteiger partial charge in [-0.25, -0.2) is 4.79 Å². The number of fused-ring (bicyclic) bond motifs is 3. The van der Waals surface area contributed by atoms with Gasteiger partial charge in [-0.1, -0.05) is 33.4 Å². The zero-order valence-electron chi connectivity index (χ0n) is 16.8. The number of hydrogen-bond donors (Lipinski definition) is 0. The Kier molecular flexibility index (Phi) is 4.98. The van der Waals surface area contributed by atoms with Gasteiger partial charge in [0.15, 0.2) is 5.78 Å². The standard InChI is InChI=1S/C21H26O7/c1-9(2)19(24)28-18-15-11(4)20(25)27-16(17(15)26-12(5)22)10(3)13-7-8-14(23)21(13,18)6/h7-10,13,15-18H,4H2,1-3,5-6H3/t10-,13-,15+,16+,17-,18-,21-/m0/s1. The lowest BCUT2D eigenvalue weighted by atomic mass is 9.67. The van der Waals surface area contributed by atoms with Crippen LogP contribution in [0, 0.1) is 29.1 Å². The van der Waals surface area contributed by atoms with Gasteiger partial charge >= 0.3 is 17.9 Å². The number of hydrogen-bond acceptors (Lipinski definition) is 7. The molecule has 0 radical (unpaired) electrons. The van der Waals surface area contributed by atoms with Crippen molar-refractivity contribution in [3.8, 4) is 0 Å². The minimum atomic E-state index is -1.11. The summed E-state index contributed by atoms with van der Waals surface area (Å²) in [5.74, 6) is -3.85. The van der Waals surface area contributed by atoms with E-state index in [-0.39, 0.29) is 23.2 Å². The van der Waals surface area contributed by atoms with Crippen LogP contribution in [0.3, 0.4) is 0 Å². The van der Waals surface area contributed by atoms with E-state index in [2.05, 4.69) is 6.58 Å². The van der Waals surface area contributed by atoms with Crippen molar-refractivity contribution in [2.45, 2.75) is 52.9 Å². The van der Waals surface area contributed by atoms with E-state index in [4.69, 9.17) is 14.2 Å². The van der Waals surface area contributed by atoms with Gasteiger partial charge in [0.25, 0.3) is 0 Å². The van der Waals surface area contributed by atoms with Gasteiger partial charge in [-0.2, -0.15) is 0 Å². The molecule has 0 spiro atoms. The van der Waals surface area contributed by atoms with Crippen LogP contribution >= 0.6 is 0 Å². The average Bonchev–Trinajstić information content (AvgIpc) is 2.89. The van der Waals surface area contributed by atoms with Crippen molar-refractivity contribution in [1.82, 2.24) is 0 Å². The number of ketones is 1. The van der Waals surface area contributed by atoms with Crippen LogP contribution in [0.1, 0.15) is 34.6 Å². The summed E-state index contributed by atoms with van der Waals surface area (Å²) in [5, 5.41) is 0. The summed E-state index contributed by atoms with van der Waals surface area (Å²) in [6.07, 6.45) is 0.600. The molecule has 1 saturated carbocycles. The molecule has 28 heavy (non-hydrogen) atoms. The minimum Gasteiger partial charge on any atom is -0.460 e. The number of carbonyl (C=O) groups is 4. The monoisotopic (exact) mass is 390 g/mol.